The summed E-state index contributed by atoms with van der Waals surface area (Å²) in [5.41, 5.74) is -1.70. The normalized spacial score (nSPS) is 15.8. The van der Waals surface area contributed by atoms with E-state index in [0.717, 1.165) is 17.5 Å². The highest BCUT2D eigenvalue weighted by atomic mass is 35.5. The van der Waals surface area contributed by atoms with Crippen molar-refractivity contribution in [2.75, 3.05) is 12.0 Å². The zero-order chi connectivity index (χ0) is 23.9. The van der Waals surface area contributed by atoms with Crippen LogP contribution in [0.25, 0.3) is 16.8 Å². The molecule has 4 amide bonds. The number of amides is 4. The topological polar surface area (TPSA) is 75.7 Å². The number of nitrogens with zero attached hydrogens (tertiary/aromatic N) is 1. The third kappa shape index (κ3) is 4.03. The molecule has 33 heavy (non-hydrogen) atoms. The highest BCUT2D eigenvalue weighted by Crippen LogP contribution is 2.37. The minimum atomic E-state index is -4.74. The molecule has 10 heteroatoms. The summed E-state index contributed by atoms with van der Waals surface area (Å²) in [7, 11) is 1.41. The number of anilines is 1. The van der Waals surface area contributed by atoms with Crippen LogP contribution in [-0.2, 0) is 15.8 Å². The first-order valence-electron chi connectivity index (χ1n) is 9.45. The number of methoxy groups -OCH3 is 1. The summed E-state index contributed by atoms with van der Waals surface area (Å²) >= 11 is 6.01. The molecule has 1 fully saturated rings. The van der Waals surface area contributed by atoms with Crippen molar-refractivity contribution in [1.29, 1.82) is 0 Å². The summed E-state index contributed by atoms with van der Waals surface area (Å²) in [5, 5.41) is 3.15. The number of imide groups is 2. The molecule has 0 unspecified atom stereocenters. The Morgan fingerprint density at radius 3 is 2.45 bits per heavy atom. The van der Waals surface area contributed by atoms with Gasteiger partial charge in [0.1, 0.15) is 11.3 Å². The maximum Gasteiger partial charge on any atom is 0.416 e. The molecular formula is C23H14ClF3N2O4. The fourth-order valence-corrected chi connectivity index (χ4v) is 3.69. The number of ether oxygens (including phenoxy) is 1. The smallest absolute Gasteiger partial charge is 0.416 e. The van der Waals surface area contributed by atoms with E-state index in [1.54, 1.807) is 30.3 Å². The van der Waals surface area contributed by atoms with Crippen molar-refractivity contribution < 1.29 is 32.3 Å². The molecule has 1 saturated heterocycles. The molecule has 3 aromatic rings. The molecule has 0 saturated carbocycles. The lowest BCUT2D eigenvalue weighted by Gasteiger charge is -2.27. The third-order valence-corrected chi connectivity index (χ3v) is 5.37. The molecule has 0 bridgehead atoms. The summed E-state index contributed by atoms with van der Waals surface area (Å²) < 4.78 is 44.9. The number of nitrogens with one attached hydrogen (secondary N) is 1. The van der Waals surface area contributed by atoms with E-state index in [1.807, 2.05) is 11.4 Å². The number of barbiturate groups is 1. The first-order valence-corrected chi connectivity index (χ1v) is 9.83. The number of halogens is 4. The van der Waals surface area contributed by atoms with Crippen LogP contribution in [0.5, 0.6) is 5.75 Å². The highest BCUT2D eigenvalue weighted by molar-refractivity contribution is 6.42. The summed E-state index contributed by atoms with van der Waals surface area (Å²) in [5.74, 6) is -1.78. The summed E-state index contributed by atoms with van der Waals surface area (Å²) in [4.78, 5) is 38.6. The molecule has 1 heterocycles. The van der Waals surface area contributed by atoms with Crippen LogP contribution in [0.15, 0.2) is 60.2 Å². The molecule has 0 aliphatic carbocycles. The molecule has 0 spiro atoms. The number of hydrogen-bond donors (Lipinski definition) is 1. The molecular weight excluding hydrogens is 461 g/mol. The number of carbonyl (C=O) groups excluding carboxylic acids is 3. The number of alkyl halides is 3. The molecule has 1 aliphatic rings. The quantitative estimate of drug-likeness (QED) is 0.419. The Labute approximate surface area is 190 Å². The van der Waals surface area contributed by atoms with Crippen molar-refractivity contribution >= 4 is 52.0 Å². The average Bonchev–Trinajstić information content (AvgIpc) is 2.76. The van der Waals surface area contributed by atoms with Gasteiger partial charge >= 0.3 is 12.2 Å². The zero-order valence-electron chi connectivity index (χ0n) is 16.9. The summed E-state index contributed by atoms with van der Waals surface area (Å²) in [6, 6.07) is 11.6. The number of benzene rings is 3. The van der Waals surface area contributed by atoms with Crippen LogP contribution < -0.4 is 15.0 Å². The van der Waals surface area contributed by atoms with Crippen molar-refractivity contribution in [3.63, 3.8) is 0 Å². The Hall–Kier alpha value is -3.85. The molecule has 0 atom stereocenters. The van der Waals surface area contributed by atoms with Gasteiger partial charge in [0.05, 0.1) is 23.4 Å². The Bertz CT molecular complexity index is 1350. The Morgan fingerprint density at radius 1 is 1.03 bits per heavy atom. The van der Waals surface area contributed by atoms with Gasteiger partial charge in [-0.25, -0.2) is 9.69 Å². The number of fused-ring (bicyclic) bond motifs is 1. The number of urea groups is 1. The van der Waals surface area contributed by atoms with Crippen molar-refractivity contribution in [2.24, 2.45) is 0 Å². The van der Waals surface area contributed by atoms with Gasteiger partial charge in [0.25, 0.3) is 11.8 Å². The summed E-state index contributed by atoms with van der Waals surface area (Å²) in [6.07, 6.45) is -3.50. The minimum absolute atomic E-state index is 0.275. The van der Waals surface area contributed by atoms with Gasteiger partial charge in [-0.2, -0.15) is 13.2 Å². The number of hydrogen-bond acceptors (Lipinski definition) is 4. The Morgan fingerprint density at radius 2 is 1.76 bits per heavy atom. The van der Waals surface area contributed by atoms with Gasteiger partial charge in [0.15, 0.2) is 0 Å². The lowest BCUT2D eigenvalue weighted by Crippen LogP contribution is -2.54. The van der Waals surface area contributed by atoms with Gasteiger partial charge in [0.2, 0.25) is 0 Å². The van der Waals surface area contributed by atoms with Crippen molar-refractivity contribution in [1.82, 2.24) is 5.32 Å². The lowest BCUT2D eigenvalue weighted by atomic mass is 9.99. The Balaban J connectivity index is 1.87. The molecule has 0 aromatic heterocycles. The third-order valence-electron chi connectivity index (χ3n) is 5.06. The Kier molecular flexibility index (Phi) is 5.59. The monoisotopic (exact) mass is 474 g/mol. The molecule has 1 N–H and O–H groups in total. The van der Waals surface area contributed by atoms with Crippen LogP contribution in [0.3, 0.4) is 0 Å². The van der Waals surface area contributed by atoms with E-state index < -0.39 is 40.8 Å². The minimum Gasteiger partial charge on any atom is -0.496 e. The zero-order valence-corrected chi connectivity index (χ0v) is 17.6. The molecule has 3 aromatic carbocycles. The van der Waals surface area contributed by atoms with E-state index in [9.17, 15) is 27.6 Å². The first kappa shape index (κ1) is 22.3. The number of carbonyl (C=O) groups is 3. The standard InChI is InChI=1S/C23H14ClF3N2O4/c1-33-19-9-6-12-4-2-3-5-14(12)15(19)11-16-20(30)28-22(32)29(21(16)31)18-10-13(23(25,26)27)7-8-17(18)24/h2-11H,1H3,(H,28,30,32)/b16-11+. The molecule has 4 rings (SSSR count). The van der Waals surface area contributed by atoms with Gasteiger partial charge in [-0.3, -0.25) is 14.9 Å². The summed E-state index contributed by atoms with van der Waals surface area (Å²) in [6.45, 7) is 0. The molecule has 6 nitrogen and oxygen atoms in total. The molecule has 1 aliphatic heterocycles. The maximum atomic E-state index is 13.2. The second-order valence-electron chi connectivity index (χ2n) is 7.02. The van der Waals surface area contributed by atoms with Crippen molar-refractivity contribution in [3.05, 3.63) is 76.3 Å². The van der Waals surface area contributed by atoms with Crippen LogP contribution in [-0.4, -0.2) is 25.0 Å². The van der Waals surface area contributed by atoms with Gasteiger partial charge in [0, 0.05) is 5.56 Å². The molecule has 168 valence electrons. The van der Waals surface area contributed by atoms with Crippen LogP contribution in [0, 0.1) is 0 Å². The van der Waals surface area contributed by atoms with Gasteiger partial charge in [-0.1, -0.05) is 41.9 Å². The second kappa shape index (κ2) is 8.25. The average molecular weight is 475 g/mol. The highest BCUT2D eigenvalue weighted by Gasteiger charge is 2.39. The maximum absolute atomic E-state index is 13.2. The first-order chi connectivity index (χ1) is 15.6. The lowest BCUT2D eigenvalue weighted by molar-refractivity contribution is -0.137. The van der Waals surface area contributed by atoms with E-state index >= 15 is 0 Å². The van der Waals surface area contributed by atoms with E-state index in [4.69, 9.17) is 16.3 Å². The fraction of sp³-hybridized carbons (Fsp3) is 0.0870. The van der Waals surface area contributed by atoms with Crippen LogP contribution in [0.1, 0.15) is 11.1 Å². The van der Waals surface area contributed by atoms with Crippen LogP contribution >= 0.6 is 11.6 Å². The van der Waals surface area contributed by atoms with Crippen LogP contribution in [0.2, 0.25) is 5.02 Å². The predicted molar refractivity (Wildman–Crippen MR) is 116 cm³/mol. The van der Waals surface area contributed by atoms with E-state index in [1.165, 1.54) is 13.2 Å². The van der Waals surface area contributed by atoms with Crippen molar-refractivity contribution in [2.45, 2.75) is 6.18 Å². The SMILES string of the molecule is COc1ccc2ccccc2c1/C=C1\C(=O)NC(=O)N(c2cc(C(F)(F)F)ccc2Cl)C1=O. The van der Waals surface area contributed by atoms with E-state index in [-0.39, 0.29) is 5.02 Å². The fourth-order valence-electron chi connectivity index (χ4n) is 3.48. The second-order valence-corrected chi connectivity index (χ2v) is 7.43. The van der Waals surface area contributed by atoms with Crippen LogP contribution in [0.4, 0.5) is 23.7 Å². The van der Waals surface area contributed by atoms with Crippen molar-refractivity contribution in [3.8, 4) is 5.75 Å². The van der Waals surface area contributed by atoms with Gasteiger partial charge < -0.3 is 4.74 Å². The van der Waals surface area contributed by atoms with Gasteiger partial charge in [-0.15, -0.1) is 0 Å². The van der Waals surface area contributed by atoms with E-state index in [2.05, 4.69) is 0 Å². The number of rotatable bonds is 3. The van der Waals surface area contributed by atoms with Gasteiger partial charge in [-0.05, 0) is 41.1 Å². The predicted octanol–water partition coefficient (Wildman–Crippen LogP) is 5.19. The van der Waals surface area contributed by atoms with E-state index in [0.29, 0.717) is 27.7 Å². The molecule has 0 radical (unpaired) electrons. The largest absolute Gasteiger partial charge is 0.496 e.